The summed E-state index contributed by atoms with van der Waals surface area (Å²) in [5.41, 5.74) is 1.07. The molecule has 0 saturated carbocycles. The van der Waals surface area contributed by atoms with Crippen LogP contribution in [0.4, 0.5) is 5.69 Å². The average molecular weight is 249 g/mol. The molecule has 0 aliphatic carbocycles. The highest BCUT2D eigenvalue weighted by atomic mass is 16.5. The lowest BCUT2D eigenvalue weighted by Crippen LogP contribution is -2.28. The van der Waals surface area contributed by atoms with Crippen LogP contribution in [0, 0.1) is 0 Å². The molecule has 0 spiro atoms. The molecule has 0 bridgehead atoms. The van der Waals surface area contributed by atoms with Crippen LogP contribution in [0.25, 0.3) is 0 Å². The van der Waals surface area contributed by atoms with Gasteiger partial charge in [0.15, 0.2) is 0 Å². The van der Waals surface area contributed by atoms with Crippen molar-refractivity contribution in [2.24, 2.45) is 0 Å². The minimum absolute atomic E-state index is 0.195. The van der Waals surface area contributed by atoms with Gasteiger partial charge in [-0.3, -0.25) is 14.5 Å². The lowest BCUT2D eigenvalue weighted by Gasteiger charge is -2.16. The number of carbonyl (C=O) groups excluding carboxylic acids is 2. The first-order valence-electron chi connectivity index (χ1n) is 5.89. The van der Waals surface area contributed by atoms with Gasteiger partial charge in [0.2, 0.25) is 11.8 Å². The maximum absolute atomic E-state index is 11.6. The molecular weight excluding hydrogens is 234 g/mol. The highest BCUT2D eigenvalue weighted by Crippen LogP contribution is 2.28. The van der Waals surface area contributed by atoms with Crippen LogP contribution in [-0.4, -0.2) is 23.5 Å². The molecule has 1 heterocycles. The number of aliphatic hydroxyl groups is 1. The fourth-order valence-electron chi connectivity index (χ4n) is 1.99. The van der Waals surface area contributed by atoms with Crippen LogP contribution in [0.3, 0.4) is 0 Å². The van der Waals surface area contributed by atoms with Gasteiger partial charge in [-0.05, 0) is 25.1 Å². The SMILES string of the molecule is CCOc1ccc(N2C(=O)CCC2=O)cc1CO. The molecule has 2 rings (SSSR count). The van der Waals surface area contributed by atoms with Crippen molar-refractivity contribution in [2.45, 2.75) is 26.4 Å². The number of imide groups is 1. The van der Waals surface area contributed by atoms with Crippen molar-refractivity contribution in [1.29, 1.82) is 0 Å². The van der Waals surface area contributed by atoms with Crippen LogP contribution in [-0.2, 0) is 16.2 Å². The maximum atomic E-state index is 11.6. The van der Waals surface area contributed by atoms with Crippen molar-refractivity contribution in [3.8, 4) is 5.75 Å². The van der Waals surface area contributed by atoms with Gasteiger partial charge in [-0.25, -0.2) is 0 Å². The maximum Gasteiger partial charge on any atom is 0.234 e. The summed E-state index contributed by atoms with van der Waals surface area (Å²) in [5, 5.41) is 9.28. The lowest BCUT2D eigenvalue weighted by atomic mass is 10.1. The van der Waals surface area contributed by atoms with E-state index in [4.69, 9.17) is 4.74 Å². The van der Waals surface area contributed by atoms with Gasteiger partial charge in [0, 0.05) is 18.4 Å². The molecule has 1 aromatic carbocycles. The van der Waals surface area contributed by atoms with Gasteiger partial charge in [-0.15, -0.1) is 0 Å². The first kappa shape index (κ1) is 12.6. The predicted molar refractivity (Wildman–Crippen MR) is 65.3 cm³/mol. The largest absolute Gasteiger partial charge is 0.494 e. The summed E-state index contributed by atoms with van der Waals surface area (Å²) in [6.45, 7) is 2.15. The molecule has 1 aliphatic heterocycles. The zero-order valence-corrected chi connectivity index (χ0v) is 10.2. The number of benzene rings is 1. The zero-order valence-electron chi connectivity index (χ0n) is 10.2. The molecule has 5 heteroatoms. The summed E-state index contributed by atoms with van der Waals surface area (Å²) in [6, 6.07) is 4.95. The number of amides is 2. The van der Waals surface area contributed by atoms with Crippen molar-refractivity contribution in [3.63, 3.8) is 0 Å². The Labute approximate surface area is 105 Å². The van der Waals surface area contributed by atoms with E-state index in [2.05, 4.69) is 0 Å². The second-order valence-electron chi connectivity index (χ2n) is 4.01. The Kier molecular flexibility index (Phi) is 3.62. The second-order valence-corrected chi connectivity index (χ2v) is 4.01. The van der Waals surface area contributed by atoms with Gasteiger partial charge in [0.05, 0.1) is 18.9 Å². The zero-order chi connectivity index (χ0) is 13.1. The number of carbonyl (C=O) groups is 2. The third-order valence-corrected chi connectivity index (χ3v) is 2.82. The van der Waals surface area contributed by atoms with E-state index in [0.29, 0.717) is 23.6 Å². The molecule has 1 aromatic rings. The van der Waals surface area contributed by atoms with Gasteiger partial charge in [0.1, 0.15) is 5.75 Å². The predicted octanol–water partition coefficient (Wildman–Crippen LogP) is 1.23. The Morgan fingerprint density at radius 3 is 2.50 bits per heavy atom. The minimum Gasteiger partial charge on any atom is -0.494 e. The van der Waals surface area contributed by atoms with Crippen LogP contribution in [0.1, 0.15) is 25.3 Å². The summed E-state index contributed by atoms with van der Waals surface area (Å²) in [6.07, 6.45) is 0.501. The lowest BCUT2D eigenvalue weighted by molar-refractivity contribution is -0.121. The van der Waals surface area contributed by atoms with E-state index in [0.717, 1.165) is 4.90 Å². The Balaban J connectivity index is 2.35. The van der Waals surface area contributed by atoms with Crippen molar-refractivity contribution < 1.29 is 19.4 Å². The molecule has 18 heavy (non-hydrogen) atoms. The summed E-state index contributed by atoms with van der Waals surface area (Å²) in [7, 11) is 0. The number of anilines is 1. The highest BCUT2D eigenvalue weighted by molar-refractivity contribution is 6.19. The minimum atomic E-state index is -0.201. The van der Waals surface area contributed by atoms with Gasteiger partial charge in [-0.1, -0.05) is 0 Å². The van der Waals surface area contributed by atoms with Crippen LogP contribution in [0.5, 0.6) is 5.75 Å². The molecule has 0 unspecified atom stereocenters. The molecule has 0 atom stereocenters. The molecule has 0 radical (unpaired) electrons. The first-order chi connectivity index (χ1) is 8.67. The fourth-order valence-corrected chi connectivity index (χ4v) is 1.99. The van der Waals surface area contributed by atoms with Gasteiger partial charge in [-0.2, -0.15) is 0 Å². The quantitative estimate of drug-likeness (QED) is 0.815. The standard InChI is InChI=1S/C13H15NO4/c1-2-18-11-4-3-10(7-9(11)8-15)14-12(16)5-6-13(14)17/h3-4,7,15H,2,5-6,8H2,1H3. The molecule has 1 saturated heterocycles. The van der Waals surface area contributed by atoms with Gasteiger partial charge < -0.3 is 9.84 Å². The Hall–Kier alpha value is -1.88. The summed E-state index contributed by atoms with van der Waals surface area (Å²) in [4.78, 5) is 24.4. The Morgan fingerprint density at radius 2 is 1.94 bits per heavy atom. The molecule has 5 nitrogen and oxygen atoms in total. The fraction of sp³-hybridized carbons (Fsp3) is 0.385. The van der Waals surface area contributed by atoms with Crippen LogP contribution in [0.15, 0.2) is 18.2 Å². The first-order valence-corrected chi connectivity index (χ1v) is 5.89. The van der Waals surface area contributed by atoms with E-state index in [9.17, 15) is 14.7 Å². The molecule has 96 valence electrons. The number of ether oxygens (including phenoxy) is 1. The molecule has 1 aliphatic rings. The molecule has 2 amide bonds. The van der Waals surface area contributed by atoms with E-state index in [1.807, 2.05) is 6.92 Å². The van der Waals surface area contributed by atoms with Crippen LogP contribution >= 0.6 is 0 Å². The Bertz CT molecular complexity index is 468. The average Bonchev–Trinajstić information content (AvgIpc) is 2.70. The third-order valence-electron chi connectivity index (χ3n) is 2.82. The summed E-state index contributed by atoms with van der Waals surface area (Å²) >= 11 is 0. The van der Waals surface area contributed by atoms with Crippen LogP contribution < -0.4 is 9.64 Å². The van der Waals surface area contributed by atoms with E-state index in [1.54, 1.807) is 18.2 Å². The van der Waals surface area contributed by atoms with Crippen molar-refractivity contribution >= 4 is 17.5 Å². The highest BCUT2D eigenvalue weighted by Gasteiger charge is 2.30. The Morgan fingerprint density at radius 1 is 1.28 bits per heavy atom. The smallest absolute Gasteiger partial charge is 0.234 e. The van der Waals surface area contributed by atoms with Crippen LogP contribution in [0.2, 0.25) is 0 Å². The summed E-state index contributed by atoms with van der Waals surface area (Å²) < 4.78 is 5.35. The van der Waals surface area contributed by atoms with Crippen molar-refractivity contribution in [3.05, 3.63) is 23.8 Å². The number of hydrogen-bond acceptors (Lipinski definition) is 4. The molecule has 0 aromatic heterocycles. The number of aliphatic hydroxyl groups excluding tert-OH is 1. The van der Waals surface area contributed by atoms with Crippen molar-refractivity contribution in [1.82, 2.24) is 0 Å². The van der Waals surface area contributed by atoms with Gasteiger partial charge in [0.25, 0.3) is 0 Å². The number of nitrogens with zero attached hydrogens (tertiary/aromatic N) is 1. The number of rotatable bonds is 4. The molecule has 1 fully saturated rings. The van der Waals surface area contributed by atoms with E-state index in [1.165, 1.54) is 0 Å². The van der Waals surface area contributed by atoms with E-state index < -0.39 is 0 Å². The second kappa shape index (κ2) is 5.18. The van der Waals surface area contributed by atoms with Crippen molar-refractivity contribution in [2.75, 3.05) is 11.5 Å². The van der Waals surface area contributed by atoms with E-state index >= 15 is 0 Å². The normalized spacial score (nSPS) is 15.3. The topological polar surface area (TPSA) is 66.8 Å². The van der Waals surface area contributed by atoms with Gasteiger partial charge >= 0.3 is 0 Å². The van der Waals surface area contributed by atoms with E-state index in [-0.39, 0.29) is 31.3 Å². The monoisotopic (exact) mass is 249 g/mol. The third kappa shape index (κ3) is 2.22. The molecule has 1 N–H and O–H groups in total. The molecular formula is C13H15NO4. The summed E-state index contributed by atoms with van der Waals surface area (Å²) in [5.74, 6) is 0.170. The number of hydrogen-bond donors (Lipinski definition) is 1.